The van der Waals surface area contributed by atoms with Crippen molar-refractivity contribution in [1.29, 1.82) is 0 Å². The maximum atomic E-state index is 13.8. The lowest BCUT2D eigenvalue weighted by Gasteiger charge is -2.39. The van der Waals surface area contributed by atoms with Crippen molar-refractivity contribution < 1.29 is 13.6 Å². The molecule has 2 aromatic carbocycles. The van der Waals surface area contributed by atoms with Crippen LogP contribution in [0.1, 0.15) is 12.5 Å². The highest BCUT2D eigenvalue weighted by atomic mass is 79.9. The predicted molar refractivity (Wildman–Crippen MR) is 92.7 cm³/mol. The topological polar surface area (TPSA) is 23.6 Å². The van der Waals surface area contributed by atoms with Crippen molar-refractivity contribution in [2.45, 2.75) is 19.5 Å². The first kappa shape index (κ1) is 17.0. The molecule has 0 aliphatic carbocycles. The second-order valence-corrected chi connectivity index (χ2v) is 6.73. The molecule has 2 aromatic rings. The average molecular weight is 395 g/mol. The van der Waals surface area contributed by atoms with Crippen LogP contribution in [0.2, 0.25) is 0 Å². The first-order chi connectivity index (χ1) is 11.5. The van der Waals surface area contributed by atoms with Crippen LogP contribution in [0.15, 0.2) is 46.9 Å². The fourth-order valence-corrected chi connectivity index (χ4v) is 3.30. The molecule has 0 bridgehead atoms. The lowest BCUT2D eigenvalue weighted by molar-refractivity contribution is -0.125. The molecule has 0 N–H and O–H groups in total. The molecule has 24 heavy (non-hydrogen) atoms. The predicted octanol–water partition coefficient (Wildman–Crippen LogP) is 3.96. The van der Waals surface area contributed by atoms with Crippen molar-refractivity contribution in [3.8, 4) is 0 Å². The number of hydrogen-bond donors (Lipinski definition) is 0. The Morgan fingerprint density at radius 1 is 1.12 bits per heavy atom. The number of piperazine rings is 1. The van der Waals surface area contributed by atoms with Crippen molar-refractivity contribution in [3.63, 3.8) is 0 Å². The van der Waals surface area contributed by atoms with Crippen LogP contribution in [-0.2, 0) is 11.3 Å². The van der Waals surface area contributed by atoms with Crippen molar-refractivity contribution in [2.24, 2.45) is 0 Å². The van der Waals surface area contributed by atoms with Gasteiger partial charge < -0.3 is 4.90 Å². The minimum Gasteiger partial charge on any atom is -0.310 e. The minimum atomic E-state index is -0.580. The van der Waals surface area contributed by atoms with E-state index in [1.165, 1.54) is 18.2 Å². The van der Waals surface area contributed by atoms with Gasteiger partial charge in [0.2, 0.25) is 5.91 Å². The molecule has 6 heteroatoms. The Bertz CT molecular complexity index is 748. The van der Waals surface area contributed by atoms with Crippen molar-refractivity contribution in [3.05, 3.63) is 64.1 Å². The van der Waals surface area contributed by atoms with Crippen LogP contribution in [0.25, 0.3) is 0 Å². The summed E-state index contributed by atoms with van der Waals surface area (Å²) >= 11 is 3.40. The molecule has 1 atom stereocenters. The molecule has 126 valence electrons. The largest absolute Gasteiger partial charge is 0.310 e. The number of rotatable bonds is 3. The second-order valence-electron chi connectivity index (χ2n) is 5.82. The van der Waals surface area contributed by atoms with Crippen molar-refractivity contribution >= 4 is 27.5 Å². The monoisotopic (exact) mass is 394 g/mol. The van der Waals surface area contributed by atoms with E-state index < -0.39 is 17.7 Å². The Kier molecular flexibility index (Phi) is 4.96. The Balaban J connectivity index is 1.78. The Hall–Kier alpha value is -1.79. The third-order valence-electron chi connectivity index (χ3n) is 4.32. The molecule has 0 unspecified atom stereocenters. The lowest BCUT2D eigenvalue weighted by Crippen LogP contribution is -2.55. The van der Waals surface area contributed by atoms with Gasteiger partial charge in [-0.25, -0.2) is 8.78 Å². The van der Waals surface area contributed by atoms with Gasteiger partial charge in [-0.2, -0.15) is 0 Å². The van der Waals surface area contributed by atoms with E-state index in [1.54, 1.807) is 16.7 Å². The molecule has 1 aliphatic heterocycles. The van der Waals surface area contributed by atoms with E-state index in [0.717, 1.165) is 10.2 Å². The number of amides is 1. The molecule has 0 saturated carbocycles. The first-order valence-corrected chi connectivity index (χ1v) is 8.50. The van der Waals surface area contributed by atoms with Gasteiger partial charge in [0.25, 0.3) is 0 Å². The smallest absolute Gasteiger partial charge is 0.244 e. The summed E-state index contributed by atoms with van der Waals surface area (Å²) < 4.78 is 28.6. The Morgan fingerprint density at radius 3 is 2.46 bits per heavy atom. The highest BCUT2D eigenvalue weighted by molar-refractivity contribution is 9.10. The van der Waals surface area contributed by atoms with Crippen LogP contribution in [0, 0.1) is 11.6 Å². The number of benzene rings is 2. The first-order valence-electron chi connectivity index (χ1n) is 7.71. The maximum Gasteiger partial charge on any atom is 0.244 e. The van der Waals surface area contributed by atoms with Crippen LogP contribution < -0.4 is 4.90 Å². The molecule has 3 rings (SSSR count). The third kappa shape index (κ3) is 3.35. The average Bonchev–Trinajstić information content (AvgIpc) is 2.55. The summed E-state index contributed by atoms with van der Waals surface area (Å²) in [6.45, 7) is 2.88. The summed E-state index contributed by atoms with van der Waals surface area (Å²) in [5.41, 5.74) is 0.825. The summed E-state index contributed by atoms with van der Waals surface area (Å²) in [6, 6.07) is 10.9. The van der Waals surface area contributed by atoms with Gasteiger partial charge in [-0.05, 0) is 37.3 Å². The van der Waals surface area contributed by atoms with E-state index in [0.29, 0.717) is 13.1 Å². The lowest BCUT2D eigenvalue weighted by atomic mass is 10.1. The summed E-state index contributed by atoms with van der Waals surface area (Å²) in [5, 5.41) is 0. The van der Waals surface area contributed by atoms with Crippen molar-refractivity contribution in [2.75, 3.05) is 18.0 Å². The molecule has 1 fully saturated rings. The summed E-state index contributed by atoms with van der Waals surface area (Å²) in [7, 11) is 0. The van der Waals surface area contributed by atoms with Gasteiger partial charge in [-0.3, -0.25) is 9.69 Å². The third-order valence-corrected chi connectivity index (χ3v) is 4.82. The summed E-state index contributed by atoms with van der Waals surface area (Å²) in [6.07, 6.45) is 0. The fourth-order valence-electron chi connectivity index (χ4n) is 2.92. The van der Waals surface area contributed by atoms with Crippen LogP contribution >= 0.6 is 15.9 Å². The highest BCUT2D eigenvalue weighted by Crippen LogP contribution is 2.25. The van der Waals surface area contributed by atoms with Gasteiger partial charge in [0.1, 0.15) is 11.6 Å². The van der Waals surface area contributed by atoms with Gasteiger partial charge in [0.15, 0.2) is 0 Å². The molecule has 1 aliphatic rings. The number of nitrogens with zero attached hydrogens (tertiary/aromatic N) is 2. The molecule has 1 saturated heterocycles. The Labute approximate surface area is 148 Å². The highest BCUT2D eigenvalue weighted by Gasteiger charge is 2.33. The number of carbonyl (C=O) groups excluding carboxylic acids is 1. The molecule has 0 spiro atoms. The van der Waals surface area contributed by atoms with Gasteiger partial charge in [-0.1, -0.05) is 28.1 Å². The van der Waals surface area contributed by atoms with Crippen LogP contribution in [0.4, 0.5) is 14.5 Å². The molecular weight excluding hydrogens is 378 g/mol. The van der Waals surface area contributed by atoms with Crippen molar-refractivity contribution in [1.82, 2.24) is 4.90 Å². The van der Waals surface area contributed by atoms with E-state index >= 15 is 0 Å². The minimum absolute atomic E-state index is 0.00746. The van der Waals surface area contributed by atoms with Gasteiger partial charge in [0, 0.05) is 35.4 Å². The van der Waals surface area contributed by atoms with E-state index in [1.807, 2.05) is 24.3 Å². The Morgan fingerprint density at radius 2 is 1.79 bits per heavy atom. The van der Waals surface area contributed by atoms with E-state index in [-0.39, 0.29) is 18.0 Å². The number of anilines is 1. The summed E-state index contributed by atoms with van der Waals surface area (Å²) in [5.74, 6) is -1.23. The molecular formula is C18H17BrF2N2O. The number of halogens is 3. The molecule has 1 heterocycles. The second kappa shape index (κ2) is 6.99. The zero-order valence-corrected chi connectivity index (χ0v) is 14.8. The number of carbonyl (C=O) groups is 1. The molecule has 3 nitrogen and oxygen atoms in total. The van der Waals surface area contributed by atoms with E-state index in [9.17, 15) is 13.6 Å². The maximum absolute atomic E-state index is 13.8. The van der Waals surface area contributed by atoms with E-state index in [4.69, 9.17) is 0 Å². The number of hydrogen-bond acceptors (Lipinski definition) is 2. The zero-order chi connectivity index (χ0) is 17.3. The van der Waals surface area contributed by atoms with Gasteiger partial charge in [-0.15, -0.1) is 0 Å². The van der Waals surface area contributed by atoms with Crippen LogP contribution in [-0.4, -0.2) is 29.9 Å². The standard InChI is InChI=1S/C18H17BrF2N2O/c1-12-18(24)23(14-5-2-4-13(19)10-14)9-8-22(12)11-15-16(20)6-3-7-17(15)21/h2-7,10,12H,8-9,11H2,1H3/t12-/m0/s1. The van der Waals surface area contributed by atoms with Crippen LogP contribution in [0.3, 0.4) is 0 Å². The zero-order valence-electron chi connectivity index (χ0n) is 13.2. The molecule has 0 radical (unpaired) electrons. The molecule has 1 amide bonds. The van der Waals surface area contributed by atoms with Crippen LogP contribution in [0.5, 0.6) is 0 Å². The summed E-state index contributed by atoms with van der Waals surface area (Å²) in [4.78, 5) is 16.2. The SMILES string of the molecule is C[C@H]1C(=O)N(c2cccc(Br)c2)CCN1Cc1c(F)cccc1F. The quantitative estimate of drug-likeness (QED) is 0.786. The van der Waals surface area contributed by atoms with E-state index in [2.05, 4.69) is 15.9 Å². The normalized spacial score (nSPS) is 18.9. The molecule has 0 aromatic heterocycles. The fraction of sp³-hybridized carbons (Fsp3) is 0.278. The van der Waals surface area contributed by atoms with Gasteiger partial charge >= 0.3 is 0 Å². The van der Waals surface area contributed by atoms with Gasteiger partial charge in [0.05, 0.1) is 6.04 Å².